The topological polar surface area (TPSA) is 79.5 Å². The van der Waals surface area contributed by atoms with Crippen molar-refractivity contribution in [3.05, 3.63) is 65.2 Å². The summed E-state index contributed by atoms with van der Waals surface area (Å²) in [5.74, 6) is 0.429. The van der Waals surface area contributed by atoms with Gasteiger partial charge in [-0.1, -0.05) is 50.2 Å². The maximum atomic E-state index is 12.8. The summed E-state index contributed by atoms with van der Waals surface area (Å²) in [5.41, 5.74) is 3.36. The summed E-state index contributed by atoms with van der Waals surface area (Å²) in [5, 5.41) is 9.14. The molecule has 3 rings (SSSR count). The lowest BCUT2D eigenvalue weighted by molar-refractivity contribution is -0.131. The fraction of sp³-hybridized carbons (Fsp3) is 0.391. The standard InChI is InChI=1S/C23H29N3O3/c1-15(2)21(23(28)25-13-16-8-10-19(29-3)11-9-16)26-22(27)20-12-17-6-4-5-7-18(17)14-24-20/h4-11,15,20-21,24H,12-14H2,1-3H3,(H,25,28)(H,26,27). The fourth-order valence-corrected chi connectivity index (χ4v) is 3.47. The number of methoxy groups -OCH3 is 1. The largest absolute Gasteiger partial charge is 0.497 e. The Labute approximate surface area is 172 Å². The van der Waals surface area contributed by atoms with Crippen LogP contribution in [0.3, 0.4) is 0 Å². The van der Waals surface area contributed by atoms with Crippen molar-refractivity contribution in [2.75, 3.05) is 7.11 Å². The highest BCUT2D eigenvalue weighted by Crippen LogP contribution is 2.17. The van der Waals surface area contributed by atoms with E-state index in [2.05, 4.69) is 28.1 Å². The average molecular weight is 396 g/mol. The highest BCUT2D eigenvalue weighted by atomic mass is 16.5. The monoisotopic (exact) mass is 395 g/mol. The molecular formula is C23H29N3O3. The summed E-state index contributed by atoms with van der Waals surface area (Å²) in [7, 11) is 1.62. The lowest BCUT2D eigenvalue weighted by Crippen LogP contribution is -2.55. The predicted octanol–water partition coefficient (Wildman–Crippen LogP) is 2.17. The Morgan fingerprint density at radius 2 is 1.79 bits per heavy atom. The minimum absolute atomic E-state index is 0.0225. The SMILES string of the molecule is COc1ccc(CNC(=O)C(NC(=O)C2Cc3ccccc3CN2)C(C)C)cc1. The minimum atomic E-state index is -0.584. The highest BCUT2D eigenvalue weighted by Gasteiger charge is 2.29. The number of hydrogen-bond acceptors (Lipinski definition) is 4. The van der Waals surface area contributed by atoms with Crippen molar-refractivity contribution in [2.24, 2.45) is 5.92 Å². The van der Waals surface area contributed by atoms with Crippen LogP contribution in [-0.4, -0.2) is 31.0 Å². The van der Waals surface area contributed by atoms with Crippen LogP contribution in [0.15, 0.2) is 48.5 Å². The van der Waals surface area contributed by atoms with Crippen LogP contribution < -0.4 is 20.7 Å². The van der Waals surface area contributed by atoms with Crippen molar-refractivity contribution in [1.82, 2.24) is 16.0 Å². The Balaban J connectivity index is 1.57. The Hall–Kier alpha value is -2.86. The van der Waals surface area contributed by atoms with Crippen LogP contribution in [-0.2, 0) is 29.1 Å². The van der Waals surface area contributed by atoms with Crippen molar-refractivity contribution in [3.8, 4) is 5.75 Å². The van der Waals surface area contributed by atoms with Crippen LogP contribution in [0.4, 0.5) is 0 Å². The van der Waals surface area contributed by atoms with E-state index in [0.29, 0.717) is 19.5 Å². The van der Waals surface area contributed by atoms with Crippen LogP contribution in [0.5, 0.6) is 5.75 Å². The van der Waals surface area contributed by atoms with Crippen molar-refractivity contribution in [3.63, 3.8) is 0 Å². The van der Waals surface area contributed by atoms with Crippen molar-refractivity contribution < 1.29 is 14.3 Å². The molecule has 1 aliphatic rings. The predicted molar refractivity (Wildman–Crippen MR) is 112 cm³/mol. The third-order valence-electron chi connectivity index (χ3n) is 5.27. The maximum Gasteiger partial charge on any atom is 0.243 e. The summed E-state index contributed by atoms with van der Waals surface area (Å²) in [6.07, 6.45) is 0.625. The lowest BCUT2D eigenvalue weighted by atomic mass is 9.94. The van der Waals surface area contributed by atoms with Gasteiger partial charge in [-0.3, -0.25) is 9.59 Å². The lowest BCUT2D eigenvalue weighted by Gasteiger charge is -2.28. The first kappa shape index (κ1) is 20.9. The van der Waals surface area contributed by atoms with E-state index in [-0.39, 0.29) is 23.8 Å². The molecule has 154 valence electrons. The van der Waals surface area contributed by atoms with Gasteiger partial charge in [0.2, 0.25) is 11.8 Å². The van der Waals surface area contributed by atoms with Gasteiger partial charge in [-0.05, 0) is 41.2 Å². The molecule has 0 radical (unpaired) electrons. The van der Waals surface area contributed by atoms with Crippen molar-refractivity contribution in [1.29, 1.82) is 0 Å². The van der Waals surface area contributed by atoms with E-state index in [1.54, 1.807) is 7.11 Å². The average Bonchev–Trinajstić information content (AvgIpc) is 2.75. The second-order valence-electron chi connectivity index (χ2n) is 7.70. The fourth-order valence-electron chi connectivity index (χ4n) is 3.47. The Morgan fingerprint density at radius 1 is 1.10 bits per heavy atom. The number of amides is 2. The van der Waals surface area contributed by atoms with E-state index in [1.165, 1.54) is 11.1 Å². The number of ether oxygens (including phenoxy) is 1. The van der Waals surface area contributed by atoms with E-state index in [4.69, 9.17) is 4.74 Å². The van der Waals surface area contributed by atoms with Crippen LogP contribution in [0.25, 0.3) is 0 Å². The summed E-state index contributed by atoms with van der Waals surface area (Å²) >= 11 is 0. The van der Waals surface area contributed by atoms with E-state index >= 15 is 0 Å². The van der Waals surface area contributed by atoms with Crippen molar-refractivity contribution >= 4 is 11.8 Å². The van der Waals surface area contributed by atoms with Crippen LogP contribution >= 0.6 is 0 Å². The first-order chi connectivity index (χ1) is 14.0. The Morgan fingerprint density at radius 3 is 2.45 bits per heavy atom. The zero-order valence-corrected chi connectivity index (χ0v) is 17.2. The first-order valence-electron chi connectivity index (χ1n) is 9.99. The van der Waals surface area contributed by atoms with Crippen LogP contribution in [0, 0.1) is 5.92 Å². The molecule has 1 heterocycles. The number of carbonyl (C=O) groups excluding carboxylic acids is 2. The smallest absolute Gasteiger partial charge is 0.243 e. The summed E-state index contributed by atoms with van der Waals surface area (Å²) in [6, 6.07) is 14.7. The number of benzene rings is 2. The van der Waals surface area contributed by atoms with Gasteiger partial charge >= 0.3 is 0 Å². The molecule has 2 aromatic rings. The zero-order valence-electron chi connectivity index (χ0n) is 17.2. The molecule has 0 fully saturated rings. The van der Waals surface area contributed by atoms with Crippen LogP contribution in [0.1, 0.15) is 30.5 Å². The molecule has 2 atom stereocenters. The molecule has 0 saturated carbocycles. The number of carbonyl (C=O) groups is 2. The van der Waals surface area contributed by atoms with E-state index in [9.17, 15) is 9.59 Å². The zero-order chi connectivity index (χ0) is 20.8. The molecule has 6 nitrogen and oxygen atoms in total. The Kier molecular flexibility index (Phi) is 6.88. The van der Waals surface area contributed by atoms with Gasteiger partial charge in [0, 0.05) is 13.1 Å². The van der Waals surface area contributed by atoms with Gasteiger partial charge in [-0.25, -0.2) is 0 Å². The van der Waals surface area contributed by atoms with Crippen LogP contribution in [0.2, 0.25) is 0 Å². The number of fused-ring (bicyclic) bond motifs is 1. The molecular weight excluding hydrogens is 366 g/mol. The molecule has 0 saturated heterocycles. The molecule has 6 heteroatoms. The third kappa shape index (κ3) is 5.35. The van der Waals surface area contributed by atoms with Gasteiger partial charge in [0.05, 0.1) is 13.2 Å². The Bertz CT molecular complexity index is 849. The van der Waals surface area contributed by atoms with E-state index in [0.717, 1.165) is 11.3 Å². The first-order valence-corrected chi connectivity index (χ1v) is 9.99. The highest BCUT2D eigenvalue weighted by molar-refractivity contribution is 5.90. The molecule has 0 bridgehead atoms. The third-order valence-corrected chi connectivity index (χ3v) is 5.27. The van der Waals surface area contributed by atoms with E-state index in [1.807, 2.05) is 50.2 Å². The second-order valence-corrected chi connectivity index (χ2v) is 7.70. The van der Waals surface area contributed by atoms with Gasteiger partial charge in [-0.15, -0.1) is 0 Å². The van der Waals surface area contributed by atoms with Gasteiger partial charge in [0.1, 0.15) is 11.8 Å². The molecule has 2 amide bonds. The van der Waals surface area contributed by atoms with E-state index < -0.39 is 6.04 Å². The van der Waals surface area contributed by atoms with Gasteiger partial charge in [0.25, 0.3) is 0 Å². The molecule has 1 aliphatic heterocycles. The van der Waals surface area contributed by atoms with Crippen molar-refractivity contribution in [2.45, 2.75) is 45.4 Å². The number of hydrogen-bond donors (Lipinski definition) is 3. The minimum Gasteiger partial charge on any atom is -0.497 e. The molecule has 0 spiro atoms. The van der Waals surface area contributed by atoms with Gasteiger partial charge < -0.3 is 20.7 Å². The number of rotatable bonds is 7. The summed E-state index contributed by atoms with van der Waals surface area (Å²) in [6.45, 7) is 4.92. The second kappa shape index (κ2) is 9.56. The summed E-state index contributed by atoms with van der Waals surface area (Å²) < 4.78 is 5.15. The van der Waals surface area contributed by atoms with Gasteiger partial charge in [-0.2, -0.15) is 0 Å². The normalized spacial score (nSPS) is 16.6. The molecule has 2 unspecified atom stereocenters. The number of nitrogens with one attached hydrogen (secondary N) is 3. The quantitative estimate of drug-likeness (QED) is 0.671. The molecule has 0 aromatic heterocycles. The molecule has 2 aromatic carbocycles. The molecule has 0 aliphatic carbocycles. The molecule has 29 heavy (non-hydrogen) atoms. The van der Waals surface area contributed by atoms with Gasteiger partial charge in [0.15, 0.2) is 0 Å². The summed E-state index contributed by atoms with van der Waals surface area (Å²) in [4.78, 5) is 25.5. The molecule has 3 N–H and O–H groups in total. The maximum absolute atomic E-state index is 12.8.